The summed E-state index contributed by atoms with van der Waals surface area (Å²) >= 11 is 3.14. The molecule has 1 aromatic heterocycles. The van der Waals surface area contributed by atoms with Crippen LogP contribution >= 0.6 is 15.9 Å². The molecule has 1 amide bonds. The zero-order valence-electron chi connectivity index (χ0n) is 15.7. The topological polar surface area (TPSA) is 85.3 Å². The second kappa shape index (κ2) is 6.82. The number of benzene rings is 1. The molecule has 0 spiro atoms. The van der Waals surface area contributed by atoms with Crippen LogP contribution in [0.4, 0.5) is 23.2 Å². The lowest BCUT2D eigenvalue weighted by Crippen LogP contribution is -2.56. The molecule has 156 valence electrons. The molecule has 0 fully saturated rings. The van der Waals surface area contributed by atoms with Gasteiger partial charge in [-0.05, 0) is 48.0 Å². The number of rotatable bonds is 3. The maximum absolute atomic E-state index is 14.8. The molecule has 3 N–H and O–H groups in total. The van der Waals surface area contributed by atoms with E-state index in [-0.39, 0.29) is 11.5 Å². The number of nitrogens with zero attached hydrogens (tertiary/aromatic N) is 3. The van der Waals surface area contributed by atoms with Crippen molar-refractivity contribution in [1.82, 2.24) is 9.55 Å². The fourth-order valence-corrected chi connectivity index (χ4v) is 3.66. The van der Waals surface area contributed by atoms with Crippen LogP contribution in [0, 0.1) is 5.82 Å². The molecule has 11 heteroatoms. The van der Waals surface area contributed by atoms with E-state index < -0.39 is 46.7 Å². The molecule has 0 aliphatic carbocycles. The number of hydrogen-bond donors (Lipinski definition) is 2. The zero-order valence-corrected chi connectivity index (χ0v) is 17.3. The van der Waals surface area contributed by atoms with E-state index in [9.17, 15) is 22.4 Å². The van der Waals surface area contributed by atoms with Crippen LogP contribution < -0.4 is 11.1 Å². The minimum atomic E-state index is -3.73. The number of carbonyl (C=O) groups excluding carboxylic acids is 1. The largest absolute Gasteiger partial charge is 0.385 e. The lowest BCUT2D eigenvalue weighted by molar-refractivity contribution is -0.106. The maximum Gasteiger partial charge on any atom is 0.291 e. The van der Waals surface area contributed by atoms with Gasteiger partial charge in [0.15, 0.2) is 17.0 Å². The Labute approximate surface area is 172 Å². The molecule has 2 aromatic rings. The van der Waals surface area contributed by atoms with Crippen molar-refractivity contribution in [2.75, 3.05) is 5.32 Å². The standard InChI is InChI=1S/C18H18BrF4N5O/c1-16(21)8-18(22,23)17(2,27-15(16)24)10-6-9(4-5-11(10)20)25-14(29)13-26-12(19)7-28(13)3/h4-7H,8H2,1-3H3,(H2,24,27)(H,25,29)/t16-,17-/m1/s1. The maximum atomic E-state index is 14.8. The Morgan fingerprint density at radius 1 is 1.31 bits per heavy atom. The molecule has 1 aliphatic rings. The number of aryl methyl sites for hydroxylation is 1. The third-order valence-electron chi connectivity index (χ3n) is 4.94. The van der Waals surface area contributed by atoms with E-state index in [0.29, 0.717) is 4.60 Å². The fourth-order valence-electron chi connectivity index (χ4n) is 3.18. The number of nitrogens with one attached hydrogen (secondary N) is 1. The molecule has 0 saturated heterocycles. The van der Waals surface area contributed by atoms with Gasteiger partial charge in [0.25, 0.3) is 11.8 Å². The molecule has 0 radical (unpaired) electrons. The van der Waals surface area contributed by atoms with E-state index >= 15 is 0 Å². The quantitative estimate of drug-likeness (QED) is 0.659. The number of hydrogen-bond acceptors (Lipinski definition) is 4. The SMILES string of the molecule is Cn1cc(Br)nc1C(=O)Nc1ccc(F)c([C@@]2(C)N=C(N)[C@](C)(F)CC2(F)F)c1. The minimum Gasteiger partial charge on any atom is -0.385 e. The lowest BCUT2D eigenvalue weighted by atomic mass is 9.77. The molecular weight excluding hydrogens is 458 g/mol. The molecule has 3 rings (SSSR count). The highest BCUT2D eigenvalue weighted by atomic mass is 79.9. The van der Waals surface area contributed by atoms with Gasteiger partial charge in [-0.1, -0.05) is 0 Å². The van der Waals surface area contributed by atoms with Crippen molar-refractivity contribution in [2.24, 2.45) is 17.8 Å². The third kappa shape index (κ3) is 3.63. The van der Waals surface area contributed by atoms with Crippen LogP contribution in [0.1, 0.15) is 36.5 Å². The molecule has 2 atom stereocenters. The van der Waals surface area contributed by atoms with E-state index in [4.69, 9.17) is 5.73 Å². The average molecular weight is 476 g/mol. The summed E-state index contributed by atoms with van der Waals surface area (Å²) in [4.78, 5) is 20.0. The van der Waals surface area contributed by atoms with Gasteiger partial charge in [-0.25, -0.2) is 22.5 Å². The molecule has 1 aromatic carbocycles. The van der Waals surface area contributed by atoms with E-state index in [0.717, 1.165) is 26.0 Å². The first-order valence-electron chi connectivity index (χ1n) is 8.49. The first-order valence-corrected chi connectivity index (χ1v) is 9.29. The summed E-state index contributed by atoms with van der Waals surface area (Å²) in [5, 5.41) is 2.48. The lowest BCUT2D eigenvalue weighted by Gasteiger charge is -2.42. The van der Waals surface area contributed by atoms with Crippen molar-refractivity contribution in [1.29, 1.82) is 0 Å². The van der Waals surface area contributed by atoms with Gasteiger partial charge in [0, 0.05) is 24.5 Å². The molecule has 0 bridgehead atoms. The predicted octanol–water partition coefficient (Wildman–Crippen LogP) is 3.91. The fraction of sp³-hybridized carbons (Fsp3) is 0.389. The Balaban J connectivity index is 2.02. The second-order valence-electron chi connectivity index (χ2n) is 7.29. The smallest absolute Gasteiger partial charge is 0.291 e. The number of carbonyl (C=O) groups is 1. The van der Waals surface area contributed by atoms with Crippen molar-refractivity contribution in [3.05, 3.63) is 46.2 Å². The Bertz CT molecular complexity index is 1020. The van der Waals surface area contributed by atoms with Crippen LogP contribution in [0.3, 0.4) is 0 Å². The van der Waals surface area contributed by atoms with Gasteiger partial charge >= 0.3 is 0 Å². The summed E-state index contributed by atoms with van der Waals surface area (Å²) < 4.78 is 60.4. The summed E-state index contributed by atoms with van der Waals surface area (Å²) in [7, 11) is 1.60. The molecular formula is C18H18BrF4N5O. The first-order chi connectivity index (χ1) is 13.3. The number of amides is 1. The van der Waals surface area contributed by atoms with Gasteiger partial charge < -0.3 is 15.6 Å². The number of aliphatic imine (C=N–C) groups is 1. The van der Waals surface area contributed by atoms with Gasteiger partial charge in [0.2, 0.25) is 0 Å². The summed E-state index contributed by atoms with van der Waals surface area (Å²) in [6.45, 7) is 1.88. The van der Waals surface area contributed by atoms with E-state index in [1.807, 2.05) is 0 Å². The number of alkyl halides is 3. The van der Waals surface area contributed by atoms with Crippen molar-refractivity contribution >= 4 is 33.4 Å². The summed E-state index contributed by atoms with van der Waals surface area (Å²) in [6, 6.07) is 3.18. The van der Waals surface area contributed by atoms with Crippen molar-refractivity contribution in [3.8, 4) is 0 Å². The number of amidine groups is 1. The van der Waals surface area contributed by atoms with E-state index in [2.05, 4.69) is 31.2 Å². The van der Waals surface area contributed by atoms with Gasteiger partial charge in [-0.15, -0.1) is 0 Å². The van der Waals surface area contributed by atoms with Crippen LogP contribution in [0.5, 0.6) is 0 Å². The highest BCUT2D eigenvalue weighted by Gasteiger charge is 2.60. The van der Waals surface area contributed by atoms with E-state index in [1.54, 1.807) is 13.2 Å². The van der Waals surface area contributed by atoms with Gasteiger partial charge in [0.05, 0.1) is 6.42 Å². The van der Waals surface area contributed by atoms with Gasteiger partial charge in [-0.2, -0.15) is 0 Å². The number of aromatic nitrogens is 2. The van der Waals surface area contributed by atoms with Crippen LogP contribution in [-0.2, 0) is 12.6 Å². The molecule has 29 heavy (non-hydrogen) atoms. The molecule has 1 aliphatic heterocycles. The number of halogens is 5. The Morgan fingerprint density at radius 3 is 2.55 bits per heavy atom. The molecule has 0 saturated carbocycles. The molecule has 0 unspecified atom stereocenters. The summed E-state index contributed by atoms with van der Waals surface area (Å²) in [5.74, 6) is -5.93. The highest BCUT2D eigenvalue weighted by molar-refractivity contribution is 9.10. The Hall–Kier alpha value is -2.43. The molecule has 6 nitrogen and oxygen atoms in total. The van der Waals surface area contributed by atoms with Crippen LogP contribution in [0.15, 0.2) is 34.0 Å². The summed E-state index contributed by atoms with van der Waals surface area (Å²) in [5.41, 5.74) is 0.115. The Kier molecular flexibility index (Phi) is 5.01. The van der Waals surface area contributed by atoms with E-state index in [1.165, 1.54) is 10.6 Å². The van der Waals surface area contributed by atoms with Gasteiger partial charge in [0.1, 0.15) is 16.3 Å². The van der Waals surface area contributed by atoms with Crippen molar-refractivity contribution < 1.29 is 22.4 Å². The minimum absolute atomic E-state index is 0.0462. The summed E-state index contributed by atoms with van der Waals surface area (Å²) in [6.07, 6.45) is 0.309. The van der Waals surface area contributed by atoms with Crippen molar-refractivity contribution in [3.63, 3.8) is 0 Å². The third-order valence-corrected chi connectivity index (χ3v) is 5.33. The monoisotopic (exact) mass is 475 g/mol. The molecule has 2 heterocycles. The number of anilines is 1. The van der Waals surface area contributed by atoms with Gasteiger partial charge in [-0.3, -0.25) is 9.79 Å². The average Bonchev–Trinajstić information content (AvgIpc) is 2.92. The van der Waals surface area contributed by atoms with Crippen LogP contribution in [-0.4, -0.2) is 32.9 Å². The number of nitrogens with two attached hydrogens (primary N) is 1. The van der Waals surface area contributed by atoms with Crippen LogP contribution in [0.25, 0.3) is 0 Å². The zero-order chi connectivity index (χ0) is 21.8. The Morgan fingerprint density at radius 2 is 1.97 bits per heavy atom. The van der Waals surface area contributed by atoms with Crippen LogP contribution in [0.2, 0.25) is 0 Å². The predicted molar refractivity (Wildman–Crippen MR) is 103 cm³/mol. The second-order valence-corrected chi connectivity index (χ2v) is 8.11. The first kappa shape index (κ1) is 21.3. The van der Waals surface area contributed by atoms with Crippen molar-refractivity contribution in [2.45, 2.75) is 37.4 Å². The highest BCUT2D eigenvalue weighted by Crippen LogP contribution is 2.50. The normalized spacial score (nSPS) is 26.1. The number of imidazole rings is 1.